The minimum atomic E-state index is 0.439. The maximum Gasteiger partial charge on any atom is 0.0674 e. The number of rotatable bonds is 1. The summed E-state index contributed by atoms with van der Waals surface area (Å²) in [6, 6.07) is 0. The van der Waals surface area contributed by atoms with Crippen LogP contribution in [0, 0.1) is 12.8 Å². The molecule has 2 nitrogen and oxygen atoms in total. The van der Waals surface area contributed by atoms with E-state index in [4.69, 9.17) is 4.74 Å². The molecule has 84 valence electrons. The molecule has 0 spiro atoms. The molecule has 0 N–H and O–H groups in total. The summed E-state index contributed by atoms with van der Waals surface area (Å²) in [7, 11) is 2.12. The number of terminal acetylenes is 1. The molecule has 2 heteroatoms. The smallest absolute Gasteiger partial charge is 0.0674 e. The summed E-state index contributed by atoms with van der Waals surface area (Å²) in [5.74, 6) is 0. The van der Waals surface area contributed by atoms with Gasteiger partial charge in [0.05, 0.1) is 12.7 Å². The normalized spacial score (nSPS) is 21.1. The second-order valence-corrected chi connectivity index (χ2v) is 3.44. The molecule has 0 aromatic carbocycles. The van der Waals surface area contributed by atoms with Gasteiger partial charge in [-0.2, -0.15) is 0 Å². The van der Waals surface area contributed by atoms with Crippen molar-refractivity contribution in [2.24, 2.45) is 0 Å². The highest BCUT2D eigenvalue weighted by atomic mass is 16.5. The van der Waals surface area contributed by atoms with Crippen molar-refractivity contribution in [2.45, 2.75) is 39.7 Å². The highest BCUT2D eigenvalue weighted by molar-refractivity contribution is 4.62. The Balaban J connectivity index is 0. The van der Waals surface area contributed by atoms with E-state index in [1.54, 1.807) is 0 Å². The highest BCUT2D eigenvalue weighted by Gasteiger charge is 2.11. The van der Waals surface area contributed by atoms with Crippen molar-refractivity contribution in [1.29, 1.82) is 0 Å². The monoisotopic (exact) mass is 199 g/mol. The molecule has 0 radical (unpaired) electrons. The van der Waals surface area contributed by atoms with Gasteiger partial charge in [-0.25, -0.2) is 0 Å². The summed E-state index contributed by atoms with van der Waals surface area (Å²) in [5, 5.41) is 0. The zero-order valence-corrected chi connectivity index (χ0v) is 10.1. The lowest BCUT2D eigenvalue weighted by molar-refractivity contribution is -0.00861. The topological polar surface area (TPSA) is 12.5 Å². The zero-order chi connectivity index (χ0) is 11.4. The molecular formula is C12H25NO. The summed E-state index contributed by atoms with van der Waals surface area (Å²) >= 11 is 0. The van der Waals surface area contributed by atoms with Crippen molar-refractivity contribution in [1.82, 2.24) is 4.90 Å². The Labute approximate surface area is 89.6 Å². The first-order valence-corrected chi connectivity index (χ1v) is 5.34. The van der Waals surface area contributed by atoms with Gasteiger partial charge in [-0.05, 0) is 14.0 Å². The van der Waals surface area contributed by atoms with E-state index in [9.17, 15) is 0 Å². The van der Waals surface area contributed by atoms with E-state index >= 15 is 0 Å². The quantitative estimate of drug-likeness (QED) is 0.601. The third-order valence-electron chi connectivity index (χ3n) is 1.94. The first-order chi connectivity index (χ1) is 6.70. The molecular weight excluding hydrogens is 174 g/mol. The van der Waals surface area contributed by atoms with Crippen LogP contribution in [0.2, 0.25) is 0 Å². The average molecular weight is 199 g/mol. The van der Waals surface area contributed by atoms with Gasteiger partial charge in [-0.15, -0.1) is 12.8 Å². The van der Waals surface area contributed by atoms with Gasteiger partial charge < -0.3 is 9.64 Å². The molecule has 0 saturated carbocycles. The van der Waals surface area contributed by atoms with Crippen molar-refractivity contribution in [2.75, 3.05) is 26.7 Å². The lowest BCUT2D eigenvalue weighted by Crippen LogP contribution is -2.38. The largest absolute Gasteiger partial charge is 0.376 e. The maximum atomic E-state index is 5.31. The molecule has 0 aromatic heterocycles. The first kappa shape index (κ1) is 15.9. The van der Waals surface area contributed by atoms with Crippen LogP contribution in [-0.2, 0) is 4.74 Å². The van der Waals surface area contributed by atoms with Gasteiger partial charge >= 0.3 is 0 Å². The Kier molecular flexibility index (Phi) is 14.2. The molecule has 0 bridgehead atoms. The molecule has 1 heterocycles. The molecule has 1 aliphatic heterocycles. The minimum Gasteiger partial charge on any atom is -0.376 e. The number of nitrogens with zero attached hydrogens (tertiary/aromatic N) is 1. The standard InChI is InChI=1S/C6H13NO.C4H10.C2H2/c1-6-5-7(2)3-4-8-6;1-3-4-2;1-2/h6H,3-5H2,1-2H3;3-4H2,1-2H3;1-2H. The SMILES string of the molecule is C#C.CC1CN(C)CCO1.CCCC. The van der Waals surface area contributed by atoms with E-state index in [2.05, 4.69) is 45.6 Å². The Morgan fingerprint density at radius 3 is 2.00 bits per heavy atom. The number of unbranched alkanes of at least 4 members (excludes halogenated alkanes) is 1. The Morgan fingerprint density at radius 1 is 1.29 bits per heavy atom. The Bertz CT molecular complexity index is 113. The van der Waals surface area contributed by atoms with Crippen LogP contribution in [0.5, 0.6) is 0 Å². The summed E-state index contributed by atoms with van der Waals surface area (Å²) < 4.78 is 5.31. The number of hydrogen-bond acceptors (Lipinski definition) is 2. The second kappa shape index (κ2) is 12.5. The van der Waals surface area contributed by atoms with Crippen molar-refractivity contribution in [3.63, 3.8) is 0 Å². The van der Waals surface area contributed by atoms with E-state index in [-0.39, 0.29) is 0 Å². The average Bonchev–Trinajstić information content (AvgIpc) is 2.21. The summed E-state index contributed by atoms with van der Waals surface area (Å²) in [6.45, 7) is 9.54. The predicted octanol–water partition coefficient (Wildman–Crippen LogP) is 2.39. The van der Waals surface area contributed by atoms with Gasteiger partial charge in [-0.1, -0.05) is 26.7 Å². The van der Waals surface area contributed by atoms with Crippen LogP contribution in [0.4, 0.5) is 0 Å². The van der Waals surface area contributed by atoms with Gasteiger partial charge in [0.25, 0.3) is 0 Å². The fourth-order valence-electron chi connectivity index (χ4n) is 0.993. The van der Waals surface area contributed by atoms with Crippen molar-refractivity contribution >= 4 is 0 Å². The van der Waals surface area contributed by atoms with Crippen LogP contribution in [-0.4, -0.2) is 37.7 Å². The van der Waals surface area contributed by atoms with Crippen LogP contribution in [0.15, 0.2) is 0 Å². The molecule has 1 atom stereocenters. The molecule has 1 unspecified atom stereocenters. The number of morpholine rings is 1. The van der Waals surface area contributed by atoms with Crippen molar-refractivity contribution < 1.29 is 4.74 Å². The number of hydrogen-bond donors (Lipinski definition) is 0. The fraction of sp³-hybridized carbons (Fsp3) is 0.833. The van der Waals surface area contributed by atoms with Crippen LogP contribution in [0.25, 0.3) is 0 Å². The van der Waals surface area contributed by atoms with Crippen LogP contribution >= 0.6 is 0 Å². The third-order valence-corrected chi connectivity index (χ3v) is 1.94. The van der Waals surface area contributed by atoms with Crippen LogP contribution in [0.3, 0.4) is 0 Å². The first-order valence-electron chi connectivity index (χ1n) is 5.34. The van der Waals surface area contributed by atoms with Crippen molar-refractivity contribution in [3.05, 3.63) is 0 Å². The summed E-state index contributed by atoms with van der Waals surface area (Å²) in [6.07, 6.45) is 11.1. The van der Waals surface area contributed by atoms with Gasteiger partial charge in [0, 0.05) is 13.1 Å². The molecule has 0 amide bonds. The summed E-state index contributed by atoms with van der Waals surface area (Å²) in [5.41, 5.74) is 0. The Morgan fingerprint density at radius 2 is 1.79 bits per heavy atom. The van der Waals surface area contributed by atoms with E-state index in [0.717, 1.165) is 19.7 Å². The Hall–Kier alpha value is -0.520. The zero-order valence-electron chi connectivity index (χ0n) is 10.1. The lowest BCUT2D eigenvalue weighted by atomic mass is 10.3. The van der Waals surface area contributed by atoms with Crippen LogP contribution < -0.4 is 0 Å². The maximum absolute atomic E-state index is 5.31. The molecule has 14 heavy (non-hydrogen) atoms. The van der Waals surface area contributed by atoms with Crippen LogP contribution in [0.1, 0.15) is 33.6 Å². The molecule has 1 saturated heterocycles. The lowest BCUT2D eigenvalue weighted by Gasteiger charge is -2.27. The second-order valence-electron chi connectivity index (χ2n) is 3.44. The van der Waals surface area contributed by atoms with E-state index in [1.165, 1.54) is 12.8 Å². The number of likely N-dealkylation sites (N-methyl/N-ethyl adjacent to an activating group) is 1. The molecule has 0 aliphatic carbocycles. The van der Waals surface area contributed by atoms with E-state index < -0.39 is 0 Å². The molecule has 1 rings (SSSR count). The predicted molar refractivity (Wildman–Crippen MR) is 63.4 cm³/mol. The molecule has 1 aliphatic rings. The third kappa shape index (κ3) is 11.5. The molecule has 1 fully saturated rings. The highest BCUT2D eigenvalue weighted by Crippen LogP contribution is 1.99. The summed E-state index contributed by atoms with van der Waals surface area (Å²) in [4.78, 5) is 2.29. The van der Waals surface area contributed by atoms with Gasteiger partial charge in [0.2, 0.25) is 0 Å². The van der Waals surface area contributed by atoms with Gasteiger partial charge in [0.15, 0.2) is 0 Å². The van der Waals surface area contributed by atoms with Gasteiger partial charge in [-0.3, -0.25) is 0 Å². The van der Waals surface area contributed by atoms with Crippen molar-refractivity contribution in [3.8, 4) is 12.8 Å². The molecule has 0 aromatic rings. The van der Waals surface area contributed by atoms with E-state index in [1.807, 2.05) is 0 Å². The van der Waals surface area contributed by atoms with E-state index in [0.29, 0.717) is 6.10 Å². The number of ether oxygens (including phenoxy) is 1. The van der Waals surface area contributed by atoms with Gasteiger partial charge in [0.1, 0.15) is 0 Å². The fourth-order valence-corrected chi connectivity index (χ4v) is 0.993. The minimum absolute atomic E-state index is 0.439.